The molecule has 0 bridgehead atoms. The molecule has 18 heavy (non-hydrogen) atoms. The van der Waals surface area contributed by atoms with E-state index < -0.39 is 0 Å². The van der Waals surface area contributed by atoms with Crippen molar-refractivity contribution in [1.82, 2.24) is 0 Å². The van der Waals surface area contributed by atoms with Crippen molar-refractivity contribution in [2.24, 2.45) is 0 Å². The topological polar surface area (TPSA) is 43.4 Å². The third-order valence-electron chi connectivity index (χ3n) is 2.63. The summed E-state index contributed by atoms with van der Waals surface area (Å²) in [5.74, 6) is 0.279. The van der Waals surface area contributed by atoms with Gasteiger partial charge in [-0.05, 0) is 29.5 Å². The van der Waals surface area contributed by atoms with Gasteiger partial charge in [-0.1, -0.05) is 32.9 Å². The van der Waals surface area contributed by atoms with E-state index in [2.05, 4.69) is 20.8 Å². The highest BCUT2D eigenvalue weighted by Crippen LogP contribution is 2.25. The van der Waals surface area contributed by atoms with Gasteiger partial charge in [0.2, 0.25) is 0 Å². The third kappa shape index (κ3) is 4.70. The summed E-state index contributed by atoms with van der Waals surface area (Å²) in [6.45, 7) is 6.33. The molecule has 1 aromatic rings. The standard InChI is InChI=1S/C15H20O3/c1-15(2,3)12-7-6-8-13(11-12)18-14(17)9-4-5-10-16/h6-8,10-11H,4-5,9H2,1-3H3. The van der Waals surface area contributed by atoms with Crippen molar-refractivity contribution < 1.29 is 14.3 Å². The van der Waals surface area contributed by atoms with Crippen LogP contribution in [0.15, 0.2) is 24.3 Å². The Labute approximate surface area is 108 Å². The van der Waals surface area contributed by atoms with E-state index in [9.17, 15) is 9.59 Å². The number of hydrogen-bond donors (Lipinski definition) is 0. The van der Waals surface area contributed by atoms with Crippen molar-refractivity contribution in [2.75, 3.05) is 0 Å². The first-order valence-corrected chi connectivity index (χ1v) is 6.18. The smallest absolute Gasteiger partial charge is 0.311 e. The van der Waals surface area contributed by atoms with Crippen LogP contribution >= 0.6 is 0 Å². The monoisotopic (exact) mass is 248 g/mol. The van der Waals surface area contributed by atoms with Crippen LogP contribution in [0.1, 0.15) is 45.6 Å². The molecule has 0 N–H and O–H groups in total. The van der Waals surface area contributed by atoms with Crippen LogP contribution < -0.4 is 4.74 Å². The minimum absolute atomic E-state index is 0.0277. The Kier molecular flexibility index (Phi) is 5.08. The van der Waals surface area contributed by atoms with E-state index >= 15 is 0 Å². The summed E-state index contributed by atoms with van der Waals surface area (Å²) < 4.78 is 5.24. The number of aldehydes is 1. The summed E-state index contributed by atoms with van der Waals surface area (Å²) >= 11 is 0. The highest BCUT2D eigenvalue weighted by molar-refractivity contribution is 5.72. The van der Waals surface area contributed by atoms with Crippen LogP contribution in [0.3, 0.4) is 0 Å². The Morgan fingerprint density at radius 3 is 2.67 bits per heavy atom. The van der Waals surface area contributed by atoms with Gasteiger partial charge < -0.3 is 9.53 Å². The molecular weight excluding hydrogens is 228 g/mol. The second-order valence-corrected chi connectivity index (χ2v) is 5.31. The summed E-state index contributed by atoms with van der Waals surface area (Å²) in [6, 6.07) is 7.56. The fourth-order valence-corrected chi connectivity index (χ4v) is 1.54. The predicted octanol–water partition coefficient (Wildman–Crippen LogP) is 3.26. The summed E-state index contributed by atoms with van der Waals surface area (Å²) in [5.41, 5.74) is 1.15. The lowest BCUT2D eigenvalue weighted by Gasteiger charge is -2.19. The lowest BCUT2D eigenvalue weighted by Crippen LogP contribution is -2.12. The number of esters is 1. The zero-order chi connectivity index (χ0) is 13.6. The van der Waals surface area contributed by atoms with E-state index in [0.29, 0.717) is 18.6 Å². The van der Waals surface area contributed by atoms with E-state index in [1.165, 1.54) is 0 Å². The van der Waals surface area contributed by atoms with Crippen LogP contribution in [0.4, 0.5) is 0 Å². The normalized spacial score (nSPS) is 11.1. The van der Waals surface area contributed by atoms with E-state index in [-0.39, 0.29) is 17.8 Å². The number of rotatable bonds is 5. The third-order valence-corrected chi connectivity index (χ3v) is 2.63. The van der Waals surface area contributed by atoms with Crippen molar-refractivity contribution in [3.05, 3.63) is 29.8 Å². The Bertz CT molecular complexity index is 416. The van der Waals surface area contributed by atoms with Crippen LogP contribution in [0.5, 0.6) is 5.75 Å². The number of carbonyl (C=O) groups excluding carboxylic acids is 2. The molecule has 0 saturated carbocycles. The fourth-order valence-electron chi connectivity index (χ4n) is 1.54. The number of carbonyl (C=O) groups is 2. The molecule has 0 aliphatic rings. The van der Waals surface area contributed by atoms with E-state index in [1.54, 1.807) is 6.07 Å². The maximum atomic E-state index is 11.5. The lowest BCUT2D eigenvalue weighted by molar-refractivity contribution is -0.134. The summed E-state index contributed by atoms with van der Waals surface area (Å²) in [4.78, 5) is 21.7. The lowest BCUT2D eigenvalue weighted by atomic mass is 9.87. The SMILES string of the molecule is CC(C)(C)c1cccc(OC(=O)CCCC=O)c1. The molecule has 0 aliphatic heterocycles. The highest BCUT2D eigenvalue weighted by Gasteiger charge is 2.14. The first-order valence-electron chi connectivity index (χ1n) is 6.18. The molecule has 98 valence electrons. The minimum atomic E-state index is -0.289. The molecule has 0 radical (unpaired) electrons. The van der Waals surface area contributed by atoms with Crippen molar-refractivity contribution in [3.63, 3.8) is 0 Å². The number of hydrogen-bond acceptors (Lipinski definition) is 3. The molecular formula is C15H20O3. The van der Waals surface area contributed by atoms with Gasteiger partial charge in [0.25, 0.3) is 0 Å². The Morgan fingerprint density at radius 1 is 1.33 bits per heavy atom. The fraction of sp³-hybridized carbons (Fsp3) is 0.467. The molecule has 0 atom stereocenters. The molecule has 0 fully saturated rings. The Balaban J connectivity index is 2.62. The molecule has 1 aromatic carbocycles. The van der Waals surface area contributed by atoms with Gasteiger partial charge in [-0.25, -0.2) is 0 Å². The molecule has 0 aromatic heterocycles. The molecule has 0 aliphatic carbocycles. The van der Waals surface area contributed by atoms with E-state index in [0.717, 1.165) is 11.8 Å². The first kappa shape index (κ1) is 14.4. The van der Waals surface area contributed by atoms with Crippen LogP contribution in [0.2, 0.25) is 0 Å². The van der Waals surface area contributed by atoms with Crippen LogP contribution in [0.25, 0.3) is 0 Å². The van der Waals surface area contributed by atoms with E-state index in [4.69, 9.17) is 4.74 Å². The summed E-state index contributed by atoms with van der Waals surface area (Å²) in [7, 11) is 0. The van der Waals surface area contributed by atoms with Crippen LogP contribution in [0, 0.1) is 0 Å². The maximum Gasteiger partial charge on any atom is 0.311 e. The van der Waals surface area contributed by atoms with Gasteiger partial charge >= 0.3 is 5.97 Å². The zero-order valence-corrected chi connectivity index (χ0v) is 11.2. The quantitative estimate of drug-likeness (QED) is 0.347. The average molecular weight is 248 g/mol. The average Bonchev–Trinajstić information content (AvgIpc) is 2.28. The van der Waals surface area contributed by atoms with E-state index in [1.807, 2.05) is 18.2 Å². The van der Waals surface area contributed by atoms with Gasteiger partial charge in [-0.2, -0.15) is 0 Å². The first-order chi connectivity index (χ1) is 8.43. The Morgan fingerprint density at radius 2 is 2.06 bits per heavy atom. The largest absolute Gasteiger partial charge is 0.427 e. The maximum absolute atomic E-state index is 11.5. The molecule has 0 saturated heterocycles. The van der Waals surface area contributed by atoms with Crippen molar-refractivity contribution in [3.8, 4) is 5.75 Å². The van der Waals surface area contributed by atoms with Crippen LogP contribution in [-0.4, -0.2) is 12.3 Å². The number of ether oxygens (including phenoxy) is 1. The highest BCUT2D eigenvalue weighted by atomic mass is 16.5. The van der Waals surface area contributed by atoms with Gasteiger partial charge in [0.05, 0.1) is 0 Å². The molecule has 0 amide bonds. The van der Waals surface area contributed by atoms with Crippen molar-refractivity contribution in [1.29, 1.82) is 0 Å². The van der Waals surface area contributed by atoms with Gasteiger partial charge in [0.1, 0.15) is 12.0 Å². The minimum Gasteiger partial charge on any atom is -0.427 e. The zero-order valence-electron chi connectivity index (χ0n) is 11.2. The van der Waals surface area contributed by atoms with Gasteiger partial charge in [0.15, 0.2) is 0 Å². The summed E-state index contributed by atoms with van der Waals surface area (Å²) in [5, 5.41) is 0. The molecule has 3 heteroatoms. The molecule has 0 spiro atoms. The summed E-state index contributed by atoms with van der Waals surface area (Å²) in [6.07, 6.45) is 2.03. The Hall–Kier alpha value is -1.64. The molecule has 1 rings (SSSR count). The van der Waals surface area contributed by atoms with Gasteiger partial charge in [0, 0.05) is 12.8 Å². The van der Waals surface area contributed by atoms with Gasteiger partial charge in [-0.3, -0.25) is 4.79 Å². The van der Waals surface area contributed by atoms with Crippen molar-refractivity contribution >= 4 is 12.3 Å². The molecule has 0 unspecified atom stereocenters. The number of unbranched alkanes of at least 4 members (excludes halogenated alkanes) is 1. The second-order valence-electron chi connectivity index (χ2n) is 5.31. The van der Waals surface area contributed by atoms with Crippen molar-refractivity contribution in [2.45, 2.75) is 45.4 Å². The number of benzene rings is 1. The predicted molar refractivity (Wildman–Crippen MR) is 70.7 cm³/mol. The molecule has 0 heterocycles. The second kappa shape index (κ2) is 6.34. The van der Waals surface area contributed by atoms with Gasteiger partial charge in [-0.15, -0.1) is 0 Å². The molecule has 3 nitrogen and oxygen atoms in total. The van der Waals surface area contributed by atoms with Crippen LogP contribution in [-0.2, 0) is 15.0 Å².